The molecule has 2 amide bonds. The number of carbonyl (C=O) groups is 3. The van der Waals surface area contributed by atoms with Crippen LogP contribution in [0.5, 0.6) is 0 Å². The second kappa shape index (κ2) is 8.60. The molecule has 2 aromatic rings. The number of carbonyl (C=O) groups excluding carboxylic acids is 3. The summed E-state index contributed by atoms with van der Waals surface area (Å²) in [5, 5.41) is 3.98. The maximum atomic E-state index is 12.5. The van der Waals surface area contributed by atoms with Crippen molar-refractivity contribution in [2.24, 2.45) is 5.73 Å². The van der Waals surface area contributed by atoms with Gasteiger partial charge >= 0.3 is 5.97 Å². The van der Waals surface area contributed by atoms with Crippen molar-refractivity contribution < 1.29 is 19.1 Å². The van der Waals surface area contributed by atoms with Crippen LogP contribution in [-0.4, -0.2) is 59.4 Å². The minimum atomic E-state index is -0.896. The molecule has 2 atom stereocenters. The van der Waals surface area contributed by atoms with E-state index in [1.54, 1.807) is 31.2 Å². The molecule has 0 saturated carbocycles. The lowest BCUT2D eigenvalue weighted by molar-refractivity contribution is -0.147. The van der Waals surface area contributed by atoms with Gasteiger partial charge in [0.25, 0.3) is 5.91 Å². The summed E-state index contributed by atoms with van der Waals surface area (Å²) in [7, 11) is 0. The second-order valence-electron chi connectivity index (χ2n) is 6.05. The summed E-state index contributed by atoms with van der Waals surface area (Å²) in [6.45, 7) is 1.91. The van der Waals surface area contributed by atoms with E-state index in [4.69, 9.17) is 22.1 Å². The van der Waals surface area contributed by atoms with Crippen LogP contribution in [0.4, 0.5) is 0 Å². The van der Waals surface area contributed by atoms with E-state index in [9.17, 15) is 14.4 Å². The number of hydrogen-bond donors (Lipinski definition) is 3. The summed E-state index contributed by atoms with van der Waals surface area (Å²) >= 11 is 5.94. The van der Waals surface area contributed by atoms with Gasteiger partial charge in [-0.05, 0) is 31.2 Å². The Morgan fingerprint density at radius 3 is 2.85 bits per heavy atom. The number of H-pyrrole nitrogens is 1. The maximum absolute atomic E-state index is 12.5. The Labute approximate surface area is 166 Å². The van der Waals surface area contributed by atoms with Crippen LogP contribution < -0.4 is 11.1 Å². The minimum Gasteiger partial charge on any atom is -0.465 e. The van der Waals surface area contributed by atoms with E-state index < -0.39 is 29.9 Å². The van der Waals surface area contributed by atoms with E-state index in [1.165, 1.54) is 4.90 Å². The molecule has 0 spiro atoms. The van der Waals surface area contributed by atoms with Gasteiger partial charge in [-0.25, -0.2) is 0 Å². The molecule has 4 N–H and O–H groups in total. The molecule has 8 nitrogen and oxygen atoms in total. The van der Waals surface area contributed by atoms with E-state index in [2.05, 4.69) is 10.3 Å². The average molecular weight is 415 g/mol. The highest BCUT2D eigenvalue weighted by Gasteiger charge is 2.40. The molecule has 1 unspecified atom stereocenters. The van der Waals surface area contributed by atoms with E-state index in [-0.39, 0.29) is 32.1 Å². The highest BCUT2D eigenvalue weighted by Crippen LogP contribution is 2.20. The van der Waals surface area contributed by atoms with Gasteiger partial charge in [-0.2, -0.15) is 0 Å². The molecule has 27 heavy (non-hydrogen) atoms. The molecule has 1 saturated heterocycles. The molecule has 0 aliphatic carbocycles. The van der Waals surface area contributed by atoms with Crippen LogP contribution in [0.3, 0.4) is 0 Å². The Bertz CT molecular complexity index is 870. The monoisotopic (exact) mass is 414 g/mol. The topological polar surface area (TPSA) is 118 Å². The van der Waals surface area contributed by atoms with Crippen molar-refractivity contribution in [1.82, 2.24) is 15.2 Å². The number of halogens is 2. The number of likely N-dealkylation sites (tertiary alicyclic amines) is 1. The summed E-state index contributed by atoms with van der Waals surface area (Å²) in [4.78, 5) is 40.8. The van der Waals surface area contributed by atoms with Crippen molar-refractivity contribution in [2.45, 2.75) is 19.0 Å². The number of hydrogen-bond acceptors (Lipinski definition) is 5. The van der Waals surface area contributed by atoms with Gasteiger partial charge in [-0.15, -0.1) is 12.4 Å². The van der Waals surface area contributed by atoms with Crippen molar-refractivity contribution in [3.63, 3.8) is 0 Å². The molecule has 0 radical (unpaired) electrons. The molecule has 3 rings (SSSR count). The molecular formula is C17H20Cl2N4O4. The standard InChI is InChI=1S/C17H19ClN4O4.ClH/c1-2-26-14(23)8-22-7-11(19)15(17(22)25)21-16(24)13-6-9-5-10(18)3-4-12(9)20-13;/h3-6,11,15,20H,2,7-8,19H2,1H3,(H,21,24);1H/t11-,15?;/m1./s1. The number of fused-ring (bicyclic) bond motifs is 1. The molecule has 146 valence electrons. The number of nitrogens with one attached hydrogen (secondary N) is 2. The first-order chi connectivity index (χ1) is 12.4. The zero-order valence-corrected chi connectivity index (χ0v) is 16.1. The first-order valence-corrected chi connectivity index (χ1v) is 8.56. The molecule has 1 aliphatic heterocycles. The highest BCUT2D eigenvalue weighted by molar-refractivity contribution is 6.31. The Hall–Kier alpha value is -2.29. The minimum absolute atomic E-state index is 0. The molecule has 1 fully saturated rings. The predicted octanol–water partition coefficient (Wildman–Crippen LogP) is 1.07. The molecule has 2 heterocycles. The number of benzene rings is 1. The van der Waals surface area contributed by atoms with Crippen LogP contribution in [0.2, 0.25) is 5.02 Å². The fraction of sp³-hybridized carbons (Fsp3) is 0.353. The van der Waals surface area contributed by atoms with Crippen molar-refractivity contribution in [3.05, 3.63) is 35.0 Å². The van der Waals surface area contributed by atoms with Crippen LogP contribution in [-0.2, 0) is 14.3 Å². The number of ether oxygens (including phenoxy) is 1. The number of nitrogens with zero attached hydrogens (tertiary/aromatic N) is 1. The van der Waals surface area contributed by atoms with Crippen LogP contribution in [0.25, 0.3) is 10.9 Å². The van der Waals surface area contributed by atoms with Crippen LogP contribution in [0.1, 0.15) is 17.4 Å². The van der Waals surface area contributed by atoms with E-state index >= 15 is 0 Å². The number of esters is 1. The Morgan fingerprint density at radius 1 is 1.41 bits per heavy atom. The fourth-order valence-corrected chi connectivity index (χ4v) is 3.13. The Balaban J connectivity index is 0.00000261. The average Bonchev–Trinajstić information content (AvgIpc) is 3.11. The van der Waals surface area contributed by atoms with Crippen LogP contribution in [0, 0.1) is 0 Å². The third-order valence-corrected chi connectivity index (χ3v) is 4.41. The van der Waals surface area contributed by atoms with E-state index in [0.29, 0.717) is 10.7 Å². The largest absolute Gasteiger partial charge is 0.465 e. The number of aromatic nitrogens is 1. The Kier molecular flexibility index (Phi) is 6.69. The van der Waals surface area contributed by atoms with E-state index in [0.717, 1.165) is 10.9 Å². The quantitative estimate of drug-likeness (QED) is 0.632. The van der Waals surface area contributed by atoms with E-state index in [1.807, 2.05) is 0 Å². The van der Waals surface area contributed by atoms with Gasteiger partial charge < -0.3 is 25.7 Å². The lowest BCUT2D eigenvalue weighted by Crippen LogP contribution is -2.49. The smallest absolute Gasteiger partial charge is 0.325 e. The van der Waals surface area contributed by atoms with Gasteiger partial charge in [-0.1, -0.05) is 11.6 Å². The first kappa shape index (κ1) is 21.0. The molecule has 1 aromatic heterocycles. The number of nitrogens with two attached hydrogens (primary N) is 1. The first-order valence-electron chi connectivity index (χ1n) is 8.18. The number of rotatable bonds is 5. The van der Waals surface area contributed by atoms with Gasteiger partial charge in [0, 0.05) is 22.5 Å². The van der Waals surface area contributed by atoms with Crippen molar-refractivity contribution in [1.29, 1.82) is 0 Å². The molecule has 1 aromatic carbocycles. The predicted molar refractivity (Wildman–Crippen MR) is 103 cm³/mol. The van der Waals surface area contributed by atoms with Gasteiger partial charge in [0.2, 0.25) is 5.91 Å². The highest BCUT2D eigenvalue weighted by atomic mass is 35.5. The zero-order valence-electron chi connectivity index (χ0n) is 14.5. The lowest BCUT2D eigenvalue weighted by Gasteiger charge is -2.15. The molecule has 0 bridgehead atoms. The van der Waals surface area contributed by atoms with Crippen molar-refractivity contribution in [2.75, 3.05) is 19.7 Å². The Morgan fingerprint density at radius 2 is 2.15 bits per heavy atom. The molecular weight excluding hydrogens is 395 g/mol. The summed E-state index contributed by atoms with van der Waals surface area (Å²) in [6.07, 6.45) is 0. The maximum Gasteiger partial charge on any atom is 0.325 e. The van der Waals surface area contributed by atoms with Gasteiger partial charge in [-0.3, -0.25) is 14.4 Å². The number of amides is 2. The summed E-state index contributed by atoms with van der Waals surface area (Å²) in [6, 6.07) is 5.36. The zero-order chi connectivity index (χ0) is 18.8. The summed E-state index contributed by atoms with van der Waals surface area (Å²) in [5.41, 5.74) is 7.03. The van der Waals surface area contributed by atoms with Gasteiger partial charge in [0.05, 0.1) is 12.6 Å². The van der Waals surface area contributed by atoms with Gasteiger partial charge in [0.15, 0.2) is 0 Å². The van der Waals surface area contributed by atoms with Crippen LogP contribution in [0.15, 0.2) is 24.3 Å². The lowest BCUT2D eigenvalue weighted by atomic mass is 10.1. The van der Waals surface area contributed by atoms with Gasteiger partial charge in [0.1, 0.15) is 18.3 Å². The fourth-order valence-electron chi connectivity index (χ4n) is 2.95. The second-order valence-corrected chi connectivity index (χ2v) is 6.49. The SMILES string of the molecule is CCOC(=O)CN1C[C@@H](N)C(NC(=O)c2cc3cc(Cl)ccc3[nH]2)C1=O.Cl. The molecule has 10 heteroatoms. The summed E-state index contributed by atoms with van der Waals surface area (Å²) < 4.78 is 4.84. The third kappa shape index (κ3) is 4.52. The van der Waals surface area contributed by atoms with Crippen molar-refractivity contribution in [3.8, 4) is 0 Å². The van der Waals surface area contributed by atoms with Crippen molar-refractivity contribution >= 4 is 52.7 Å². The number of aromatic amines is 1. The molecule has 1 aliphatic rings. The summed E-state index contributed by atoms with van der Waals surface area (Å²) in [5.74, 6) is -1.37. The third-order valence-electron chi connectivity index (χ3n) is 4.18. The van der Waals surface area contributed by atoms with Crippen LogP contribution >= 0.6 is 24.0 Å². The normalized spacial score (nSPS) is 19.1.